The maximum absolute atomic E-state index is 5.78. The summed E-state index contributed by atoms with van der Waals surface area (Å²) in [7, 11) is 0. The van der Waals surface area contributed by atoms with Gasteiger partial charge in [0.1, 0.15) is 0 Å². The predicted octanol–water partition coefficient (Wildman–Crippen LogP) is 6.64. The normalized spacial score (nSPS) is 13.1. The van der Waals surface area contributed by atoms with Crippen molar-refractivity contribution in [3.05, 3.63) is 0 Å². The van der Waals surface area contributed by atoms with Crippen LogP contribution >= 0.6 is 66.5 Å². The maximum Gasteiger partial charge on any atom is 0.341 e. The smallest absolute Gasteiger partial charge is 0.126 e. The van der Waals surface area contributed by atoms with E-state index >= 15 is 0 Å². The standard InChI is InChI=1S/C8H16Cl6Si2/c9-15(10,11)7-5-3-1-2-4-6-8-16(12,13)14/h1-8H2. The van der Waals surface area contributed by atoms with Gasteiger partial charge in [-0.15, -0.1) is 66.5 Å². The molecule has 0 radical (unpaired) electrons. The molecule has 0 aliphatic rings. The Kier molecular flexibility index (Phi) is 10.4. The first-order valence-corrected chi connectivity index (χ1v) is 15.8. The lowest BCUT2D eigenvalue weighted by Gasteiger charge is -2.08. The average Bonchev–Trinajstić information content (AvgIpc) is 2.06. The maximum atomic E-state index is 5.78. The summed E-state index contributed by atoms with van der Waals surface area (Å²) in [5.74, 6) is 0. The van der Waals surface area contributed by atoms with Gasteiger partial charge in [0.2, 0.25) is 0 Å². The third-order valence-corrected chi connectivity index (χ3v) is 7.41. The molecule has 0 aromatic rings. The molecular weight excluding hydrogens is 365 g/mol. The molecule has 98 valence electrons. The van der Waals surface area contributed by atoms with Crippen molar-refractivity contribution in [3.8, 4) is 0 Å². The molecule has 0 N–H and O–H groups in total. The highest BCUT2D eigenvalue weighted by Crippen LogP contribution is 2.29. The molecule has 0 atom stereocenters. The molecule has 8 heteroatoms. The Morgan fingerprint density at radius 3 is 0.938 bits per heavy atom. The van der Waals surface area contributed by atoms with Gasteiger partial charge in [-0.25, -0.2) is 0 Å². The van der Waals surface area contributed by atoms with Gasteiger partial charge in [0, 0.05) is 0 Å². The van der Waals surface area contributed by atoms with E-state index in [0.29, 0.717) is 0 Å². The molecule has 0 rings (SSSR count). The molecule has 0 amide bonds. The molecular formula is C8H16Cl6Si2. The van der Waals surface area contributed by atoms with E-state index in [9.17, 15) is 0 Å². The zero-order chi connectivity index (χ0) is 12.7. The van der Waals surface area contributed by atoms with Crippen LogP contribution < -0.4 is 0 Å². The summed E-state index contributed by atoms with van der Waals surface area (Å²) in [5.41, 5.74) is 0. The second-order valence-corrected chi connectivity index (χ2v) is 22.4. The fourth-order valence-electron chi connectivity index (χ4n) is 1.36. The predicted molar refractivity (Wildman–Crippen MR) is 83.9 cm³/mol. The Morgan fingerprint density at radius 1 is 0.438 bits per heavy atom. The molecule has 0 spiro atoms. The first-order chi connectivity index (χ1) is 7.21. The second kappa shape index (κ2) is 9.14. The Bertz CT molecular complexity index is 156. The molecule has 0 bridgehead atoms. The first-order valence-electron chi connectivity index (χ1n) is 5.34. The van der Waals surface area contributed by atoms with Gasteiger partial charge < -0.3 is 0 Å². The third kappa shape index (κ3) is 16.2. The molecule has 16 heavy (non-hydrogen) atoms. The van der Waals surface area contributed by atoms with Crippen LogP contribution in [0.4, 0.5) is 0 Å². The van der Waals surface area contributed by atoms with Crippen LogP contribution in [0.15, 0.2) is 0 Å². The van der Waals surface area contributed by atoms with Crippen LogP contribution in [0.3, 0.4) is 0 Å². The van der Waals surface area contributed by atoms with Crippen molar-refractivity contribution < 1.29 is 0 Å². The van der Waals surface area contributed by atoms with Crippen LogP contribution in [0, 0.1) is 0 Å². The highest BCUT2D eigenvalue weighted by Gasteiger charge is 2.24. The van der Waals surface area contributed by atoms with Gasteiger partial charge in [-0.3, -0.25) is 0 Å². The largest absolute Gasteiger partial charge is 0.341 e. The zero-order valence-electron chi connectivity index (χ0n) is 8.92. The highest BCUT2D eigenvalue weighted by molar-refractivity contribution is 7.65. The van der Waals surface area contributed by atoms with Gasteiger partial charge in [0.25, 0.3) is 0 Å². The number of halogens is 6. The summed E-state index contributed by atoms with van der Waals surface area (Å²) in [6, 6.07) is -3.25. The Balaban J connectivity index is 3.17. The van der Waals surface area contributed by atoms with Crippen LogP contribution in [0.5, 0.6) is 0 Å². The van der Waals surface area contributed by atoms with E-state index in [4.69, 9.17) is 66.5 Å². The van der Waals surface area contributed by atoms with Crippen LogP contribution in [0.2, 0.25) is 12.1 Å². The van der Waals surface area contributed by atoms with E-state index in [1.807, 2.05) is 0 Å². The van der Waals surface area contributed by atoms with Gasteiger partial charge in [-0.2, -0.15) is 0 Å². The van der Waals surface area contributed by atoms with Gasteiger partial charge in [0.05, 0.1) is 0 Å². The molecule has 0 nitrogen and oxygen atoms in total. The van der Waals surface area contributed by atoms with Crippen molar-refractivity contribution in [1.82, 2.24) is 0 Å². The van der Waals surface area contributed by atoms with Crippen molar-refractivity contribution in [2.24, 2.45) is 0 Å². The van der Waals surface area contributed by atoms with Crippen molar-refractivity contribution in [2.75, 3.05) is 0 Å². The summed E-state index contributed by atoms with van der Waals surface area (Å²) in [5, 5.41) is 0. The van der Waals surface area contributed by atoms with E-state index in [1.54, 1.807) is 0 Å². The Hall–Kier alpha value is 2.17. The van der Waals surface area contributed by atoms with Gasteiger partial charge in [-0.1, -0.05) is 38.5 Å². The topological polar surface area (TPSA) is 0 Å². The van der Waals surface area contributed by atoms with E-state index in [1.165, 1.54) is 12.8 Å². The lowest BCUT2D eigenvalue weighted by Crippen LogP contribution is -2.08. The Morgan fingerprint density at radius 2 is 0.688 bits per heavy atom. The minimum atomic E-state index is -2.39. The van der Waals surface area contributed by atoms with Gasteiger partial charge in [0.15, 0.2) is 0 Å². The molecule has 0 saturated carbocycles. The summed E-state index contributed by atoms with van der Waals surface area (Å²) < 4.78 is 0. The minimum Gasteiger partial charge on any atom is -0.126 e. The van der Waals surface area contributed by atoms with Crippen molar-refractivity contribution in [2.45, 2.75) is 50.6 Å². The molecule has 0 saturated heterocycles. The lowest BCUT2D eigenvalue weighted by atomic mass is 10.1. The van der Waals surface area contributed by atoms with E-state index in [0.717, 1.165) is 37.8 Å². The monoisotopic (exact) mass is 378 g/mol. The molecule has 0 aromatic carbocycles. The molecule has 0 aliphatic carbocycles. The lowest BCUT2D eigenvalue weighted by molar-refractivity contribution is 0.623. The van der Waals surface area contributed by atoms with Crippen LogP contribution in [-0.2, 0) is 0 Å². The quantitative estimate of drug-likeness (QED) is 0.239. The summed E-state index contributed by atoms with van der Waals surface area (Å²) in [6.07, 6.45) is 6.65. The second-order valence-electron chi connectivity index (χ2n) is 3.85. The zero-order valence-corrected chi connectivity index (χ0v) is 15.5. The van der Waals surface area contributed by atoms with Crippen LogP contribution in [-0.4, -0.2) is 12.0 Å². The van der Waals surface area contributed by atoms with Crippen LogP contribution in [0.25, 0.3) is 0 Å². The molecule has 0 aliphatic heterocycles. The highest BCUT2D eigenvalue weighted by atomic mass is 35.8. The van der Waals surface area contributed by atoms with E-state index in [-0.39, 0.29) is 0 Å². The summed E-state index contributed by atoms with van der Waals surface area (Å²) in [6.45, 7) is 0. The Labute approximate surface area is 128 Å². The molecule has 0 heterocycles. The van der Waals surface area contributed by atoms with Crippen molar-refractivity contribution >= 4 is 78.5 Å². The molecule has 0 aromatic heterocycles. The van der Waals surface area contributed by atoms with E-state index < -0.39 is 12.0 Å². The van der Waals surface area contributed by atoms with Crippen LogP contribution in [0.1, 0.15) is 38.5 Å². The molecule has 0 unspecified atom stereocenters. The number of unbranched alkanes of at least 4 members (excludes halogenated alkanes) is 5. The van der Waals surface area contributed by atoms with Gasteiger partial charge >= 0.3 is 12.0 Å². The third-order valence-electron chi connectivity index (χ3n) is 2.17. The SMILES string of the molecule is Cl[Si](Cl)(Cl)CCCCCCCC[Si](Cl)(Cl)Cl. The molecule has 0 fully saturated rings. The number of hydrogen-bond donors (Lipinski definition) is 0. The van der Waals surface area contributed by atoms with Crippen molar-refractivity contribution in [1.29, 1.82) is 0 Å². The fraction of sp³-hybridized carbons (Fsp3) is 1.00. The number of rotatable bonds is 9. The van der Waals surface area contributed by atoms with E-state index in [2.05, 4.69) is 0 Å². The average molecular weight is 381 g/mol. The fourth-order valence-corrected chi connectivity index (χ4v) is 5.07. The summed E-state index contributed by atoms with van der Waals surface area (Å²) in [4.78, 5) is 0. The first kappa shape index (κ1) is 18.2. The van der Waals surface area contributed by atoms with Gasteiger partial charge in [-0.05, 0) is 12.1 Å². The minimum absolute atomic E-state index is 0.763. The summed E-state index contributed by atoms with van der Waals surface area (Å²) >= 11 is 34.7. The van der Waals surface area contributed by atoms with Crippen molar-refractivity contribution in [3.63, 3.8) is 0 Å². The number of hydrogen-bond acceptors (Lipinski definition) is 0.